The first-order valence-corrected chi connectivity index (χ1v) is 11.7. The van der Waals surface area contributed by atoms with Crippen LogP contribution < -0.4 is 0 Å². The molecule has 4 aromatic rings. The lowest BCUT2D eigenvalue weighted by atomic mass is 9.95. The van der Waals surface area contributed by atoms with Crippen molar-refractivity contribution in [3.05, 3.63) is 122 Å². The number of hydrogen-bond donors (Lipinski definition) is 0. The molecule has 34 heavy (non-hydrogen) atoms. The fourth-order valence-electron chi connectivity index (χ4n) is 4.03. The molecule has 0 amide bonds. The first-order valence-electron chi connectivity index (χ1n) is 11.7. The third-order valence-corrected chi connectivity index (χ3v) is 5.60. The smallest absolute Gasteiger partial charge is 0.0782 e. The maximum Gasteiger partial charge on any atom is 0.0782 e. The summed E-state index contributed by atoms with van der Waals surface area (Å²) in [6.45, 7) is 14.1. The number of rotatable bonds is 6. The zero-order chi connectivity index (χ0) is 24.5. The van der Waals surface area contributed by atoms with Crippen LogP contribution in [0.4, 0.5) is 0 Å². The molecule has 0 bridgehead atoms. The van der Waals surface area contributed by atoms with Crippen molar-refractivity contribution in [1.29, 1.82) is 0 Å². The van der Waals surface area contributed by atoms with E-state index in [0.29, 0.717) is 0 Å². The molecule has 4 rings (SSSR count). The Balaban J connectivity index is 0.00000158. The number of benzene rings is 3. The van der Waals surface area contributed by atoms with Crippen molar-refractivity contribution in [2.24, 2.45) is 4.99 Å². The quantitative estimate of drug-likeness (QED) is 0.166. The van der Waals surface area contributed by atoms with Gasteiger partial charge in [0.25, 0.3) is 0 Å². The average Bonchev–Trinajstić information content (AvgIpc) is 2.90. The molecule has 3 aromatic carbocycles. The molecule has 0 fully saturated rings. The lowest BCUT2D eigenvalue weighted by molar-refractivity contribution is 1.39. The number of fused-ring (bicyclic) bond motifs is 5. The van der Waals surface area contributed by atoms with Gasteiger partial charge < -0.3 is 0 Å². The van der Waals surface area contributed by atoms with Gasteiger partial charge in [0, 0.05) is 23.2 Å². The molecular formula is C32H32N2. The highest BCUT2D eigenvalue weighted by atomic mass is 14.7. The van der Waals surface area contributed by atoms with Crippen LogP contribution in [-0.2, 0) is 0 Å². The minimum Gasteiger partial charge on any atom is -0.288 e. The largest absolute Gasteiger partial charge is 0.288 e. The van der Waals surface area contributed by atoms with Gasteiger partial charge in [-0.2, -0.15) is 0 Å². The monoisotopic (exact) mass is 444 g/mol. The van der Waals surface area contributed by atoms with Gasteiger partial charge in [0.05, 0.1) is 16.9 Å². The summed E-state index contributed by atoms with van der Waals surface area (Å²) in [7, 11) is 1.80. The molecule has 0 N–H and O–H groups in total. The lowest BCUT2D eigenvalue weighted by Gasteiger charge is -2.12. The number of para-hydroxylation sites is 1. The predicted molar refractivity (Wildman–Crippen MR) is 153 cm³/mol. The second-order valence-corrected chi connectivity index (χ2v) is 7.49. The molecule has 0 unspecified atom stereocenters. The highest BCUT2D eigenvalue weighted by Gasteiger charge is 2.12. The molecule has 1 aromatic heterocycles. The molecular weight excluding hydrogens is 412 g/mol. The van der Waals surface area contributed by atoms with E-state index in [1.54, 1.807) is 13.1 Å². The molecule has 0 saturated heterocycles. The summed E-state index contributed by atoms with van der Waals surface area (Å²) in [4.78, 5) is 9.44. The molecule has 0 atom stereocenters. The number of allylic oxidation sites excluding steroid dienone is 8. The normalized spacial score (nSPS) is 12.5. The van der Waals surface area contributed by atoms with Gasteiger partial charge in [0.1, 0.15) is 0 Å². The summed E-state index contributed by atoms with van der Waals surface area (Å²) in [5, 5.41) is 5.91. The third kappa shape index (κ3) is 4.97. The Kier molecular flexibility index (Phi) is 8.48. The van der Waals surface area contributed by atoms with Crippen molar-refractivity contribution < 1.29 is 0 Å². The van der Waals surface area contributed by atoms with Crippen molar-refractivity contribution in [3.8, 4) is 0 Å². The van der Waals surface area contributed by atoms with E-state index >= 15 is 0 Å². The van der Waals surface area contributed by atoms with Gasteiger partial charge in [-0.15, -0.1) is 0 Å². The van der Waals surface area contributed by atoms with Gasteiger partial charge in [-0.3, -0.25) is 4.99 Å². The van der Waals surface area contributed by atoms with Crippen LogP contribution in [0.1, 0.15) is 26.5 Å². The van der Waals surface area contributed by atoms with E-state index < -0.39 is 0 Å². The number of aromatic nitrogens is 1. The van der Waals surface area contributed by atoms with Crippen LogP contribution in [0.15, 0.2) is 121 Å². The van der Waals surface area contributed by atoms with Gasteiger partial charge in [0.2, 0.25) is 0 Å². The van der Waals surface area contributed by atoms with E-state index in [2.05, 4.69) is 72.7 Å². The molecule has 2 heteroatoms. The van der Waals surface area contributed by atoms with Crippen molar-refractivity contribution >= 4 is 43.7 Å². The van der Waals surface area contributed by atoms with E-state index in [-0.39, 0.29) is 0 Å². The summed E-state index contributed by atoms with van der Waals surface area (Å²) in [6, 6.07) is 21.1. The molecule has 0 spiro atoms. The standard InChI is InChI=1S/C30H26N2.C2H6/c1-5-7-12-22(6-2)27(31-4)20-17-21(3)30-26-19-18-23-13-8-9-14-24(23)29(26)25-15-10-11-16-28(25)32-30;1-2/h5-20H,1,3H2,2,4H3;1-2H3/b12-7-,20-17-,22-6+,31-27?;. The number of aliphatic imine (C=N–C) groups is 1. The van der Waals surface area contributed by atoms with Crippen molar-refractivity contribution in [2.75, 3.05) is 7.05 Å². The first-order chi connectivity index (χ1) is 16.7. The SMILES string of the molecule is C=C/C=C\C(=C/C)C(/C=C\C(=C)c1nc2ccccc2c2c1ccc1ccccc12)=NC.CC. The number of pyridine rings is 1. The summed E-state index contributed by atoms with van der Waals surface area (Å²) in [5.74, 6) is 0. The van der Waals surface area contributed by atoms with E-state index in [1.807, 2.05) is 57.2 Å². The van der Waals surface area contributed by atoms with Crippen LogP contribution in [0.5, 0.6) is 0 Å². The molecule has 2 nitrogen and oxygen atoms in total. The Hall–Kier alpha value is -4.04. The topological polar surface area (TPSA) is 25.2 Å². The van der Waals surface area contributed by atoms with Gasteiger partial charge in [-0.25, -0.2) is 4.98 Å². The number of hydrogen-bond acceptors (Lipinski definition) is 2. The van der Waals surface area contributed by atoms with Gasteiger partial charge in [0.15, 0.2) is 0 Å². The van der Waals surface area contributed by atoms with Crippen LogP contribution in [-0.4, -0.2) is 17.7 Å². The second-order valence-electron chi connectivity index (χ2n) is 7.49. The lowest BCUT2D eigenvalue weighted by Crippen LogP contribution is -1.97. The van der Waals surface area contributed by atoms with Crippen LogP contribution in [0.25, 0.3) is 38.0 Å². The highest BCUT2D eigenvalue weighted by Crippen LogP contribution is 2.35. The van der Waals surface area contributed by atoms with Gasteiger partial charge >= 0.3 is 0 Å². The molecule has 0 aliphatic carbocycles. The number of nitrogens with zero attached hydrogens (tertiary/aromatic N) is 2. The van der Waals surface area contributed by atoms with E-state index in [9.17, 15) is 0 Å². The van der Waals surface area contributed by atoms with E-state index in [0.717, 1.165) is 38.8 Å². The van der Waals surface area contributed by atoms with Crippen LogP contribution in [0.3, 0.4) is 0 Å². The Morgan fingerprint density at radius 1 is 0.853 bits per heavy atom. The summed E-state index contributed by atoms with van der Waals surface area (Å²) >= 11 is 0. The molecule has 0 saturated carbocycles. The average molecular weight is 445 g/mol. The van der Waals surface area contributed by atoms with Crippen LogP contribution in [0, 0.1) is 0 Å². The Morgan fingerprint density at radius 2 is 1.56 bits per heavy atom. The molecule has 170 valence electrons. The minimum absolute atomic E-state index is 0.848. The zero-order valence-electron chi connectivity index (χ0n) is 20.5. The first kappa shape index (κ1) is 24.6. The predicted octanol–water partition coefficient (Wildman–Crippen LogP) is 8.90. The fourth-order valence-corrected chi connectivity index (χ4v) is 4.03. The fraction of sp³-hybridized carbons (Fsp3) is 0.125. The van der Waals surface area contributed by atoms with E-state index in [4.69, 9.17) is 4.98 Å². The molecule has 1 heterocycles. The Morgan fingerprint density at radius 3 is 2.26 bits per heavy atom. The van der Waals surface area contributed by atoms with Crippen LogP contribution >= 0.6 is 0 Å². The Labute approximate surface area is 203 Å². The van der Waals surface area contributed by atoms with E-state index in [1.165, 1.54) is 16.2 Å². The van der Waals surface area contributed by atoms with Crippen molar-refractivity contribution in [2.45, 2.75) is 20.8 Å². The maximum absolute atomic E-state index is 5.00. The van der Waals surface area contributed by atoms with Crippen molar-refractivity contribution in [3.63, 3.8) is 0 Å². The maximum atomic E-state index is 5.00. The highest BCUT2D eigenvalue weighted by molar-refractivity contribution is 6.21. The summed E-state index contributed by atoms with van der Waals surface area (Å²) < 4.78 is 0. The second kappa shape index (κ2) is 11.7. The summed E-state index contributed by atoms with van der Waals surface area (Å²) in [6.07, 6.45) is 11.7. The summed E-state index contributed by atoms with van der Waals surface area (Å²) in [5.41, 5.74) is 4.61. The molecule has 0 aliphatic rings. The minimum atomic E-state index is 0.848. The van der Waals surface area contributed by atoms with Crippen molar-refractivity contribution in [1.82, 2.24) is 4.98 Å². The van der Waals surface area contributed by atoms with Gasteiger partial charge in [-0.1, -0.05) is 112 Å². The third-order valence-electron chi connectivity index (χ3n) is 5.60. The Bertz CT molecular complexity index is 1450. The van der Waals surface area contributed by atoms with Gasteiger partial charge in [-0.05, 0) is 41.0 Å². The van der Waals surface area contributed by atoms with Crippen LogP contribution in [0.2, 0.25) is 0 Å². The molecule has 0 radical (unpaired) electrons. The zero-order valence-corrected chi connectivity index (χ0v) is 20.5. The molecule has 0 aliphatic heterocycles.